The monoisotopic (exact) mass is 225 g/mol. The van der Waals surface area contributed by atoms with Crippen molar-refractivity contribution < 1.29 is 4.74 Å². The quantitative estimate of drug-likeness (QED) is 0.684. The average Bonchev–Trinajstić information content (AvgIpc) is 2.59. The van der Waals surface area contributed by atoms with Crippen molar-refractivity contribution >= 4 is 0 Å². The molecule has 0 unspecified atom stereocenters. The summed E-state index contributed by atoms with van der Waals surface area (Å²) in [6.45, 7) is 4.96. The van der Waals surface area contributed by atoms with Crippen LogP contribution in [0.25, 0.3) is 0 Å². The molecule has 0 aliphatic carbocycles. The number of nitrogens with zero attached hydrogens (tertiary/aromatic N) is 2. The van der Waals surface area contributed by atoms with Gasteiger partial charge in [-0.05, 0) is 32.7 Å². The minimum absolute atomic E-state index is 0.877. The molecule has 4 heteroatoms. The van der Waals surface area contributed by atoms with Gasteiger partial charge < -0.3 is 10.1 Å². The van der Waals surface area contributed by atoms with Crippen LogP contribution >= 0.6 is 0 Å². The summed E-state index contributed by atoms with van der Waals surface area (Å²) >= 11 is 0. The maximum absolute atomic E-state index is 5.00. The first-order valence-corrected chi connectivity index (χ1v) is 5.93. The number of hydrogen-bond donors (Lipinski definition) is 1. The van der Waals surface area contributed by atoms with Crippen LogP contribution in [0.5, 0.6) is 0 Å². The molecule has 92 valence electrons. The normalized spacial score (nSPS) is 10.9. The molecule has 16 heavy (non-hydrogen) atoms. The number of methoxy groups -OCH3 is 1. The van der Waals surface area contributed by atoms with E-state index in [0.717, 1.165) is 26.1 Å². The second-order valence-electron chi connectivity index (χ2n) is 4.11. The summed E-state index contributed by atoms with van der Waals surface area (Å²) in [4.78, 5) is 0. The fourth-order valence-corrected chi connectivity index (χ4v) is 1.61. The highest BCUT2D eigenvalue weighted by atomic mass is 16.5. The van der Waals surface area contributed by atoms with Gasteiger partial charge in [-0.25, -0.2) is 0 Å². The molecule has 0 saturated heterocycles. The Morgan fingerprint density at radius 3 is 2.81 bits per heavy atom. The second-order valence-corrected chi connectivity index (χ2v) is 4.11. The minimum atomic E-state index is 0.877. The molecule has 0 aliphatic heterocycles. The molecule has 0 spiro atoms. The van der Waals surface area contributed by atoms with Crippen molar-refractivity contribution in [3.05, 3.63) is 17.5 Å². The Bertz CT molecular complexity index is 296. The fraction of sp³-hybridized carbons (Fsp3) is 0.750. The molecule has 0 aliphatic rings. The van der Waals surface area contributed by atoms with Crippen molar-refractivity contribution in [1.82, 2.24) is 15.1 Å². The number of unbranched alkanes of at least 4 members (excludes halogenated alkanes) is 2. The van der Waals surface area contributed by atoms with E-state index in [1.54, 1.807) is 7.11 Å². The first kappa shape index (κ1) is 13.2. The zero-order valence-corrected chi connectivity index (χ0v) is 10.6. The summed E-state index contributed by atoms with van der Waals surface area (Å²) in [5, 5.41) is 7.65. The zero-order valence-electron chi connectivity index (χ0n) is 10.6. The molecule has 0 saturated carbocycles. The van der Waals surface area contributed by atoms with Gasteiger partial charge in [-0.3, -0.25) is 4.68 Å². The molecule has 0 atom stereocenters. The van der Waals surface area contributed by atoms with Crippen molar-refractivity contribution in [3.63, 3.8) is 0 Å². The van der Waals surface area contributed by atoms with Gasteiger partial charge in [0.05, 0.1) is 6.20 Å². The predicted octanol–water partition coefficient (Wildman–Crippen LogP) is 1.63. The van der Waals surface area contributed by atoms with Crippen LogP contribution in [0.15, 0.2) is 6.20 Å². The summed E-state index contributed by atoms with van der Waals surface area (Å²) in [6, 6.07) is 0. The first-order valence-electron chi connectivity index (χ1n) is 5.93. The Labute approximate surface area is 98.0 Å². The van der Waals surface area contributed by atoms with Crippen LogP contribution in [0.1, 0.15) is 30.5 Å². The van der Waals surface area contributed by atoms with Crippen LogP contribution in [-0.4, -0.2) is 30.0 Å². The summed E-state index contributed by atoms with van der Waals surface area (Å²) < 4.78 is 6.92. The number of ether oxygens (including phenoxy) is 1. The maximum atomic E-state index is 5.00. The van der Waals surface area contributed by atoms with Gasteiger partial charge in [0.15, 0.2) is 0 Å². The van der Waals surface area contributed by atoms with Crippen molar-refractivity contribution in [1.29, 1.82) is 0 Å². The van der Waals surface area contributed by atoms with Crippen LogP contribution in [0.4, 0.5) is 0 Å². The van der Waals surface area contributed by atoms with Gasteiger partial charge >= 0.3 is 0 Å². The fourth-order valence-electron chi connectivity index (χ4n) is 1.61. The predicted molar refractivity (Wildman–Crippen MR) is 65.4 cm³/mol. The molecule has 1 N–H and O–H groups in total. The van der Waals surface area contributed by atoms with E-state index in [-0.39, 0.29) is 0 Å². The third-order valence-electron chi connectivity index (χ3n) is 2.85. The molecule has 1 rings (SSSR count). The van der Waals surface area contributed by atoms with E-state index in [2.05, 4.69) is 17.3 Å². The zero-order chi connectivity index (χ0) is 11.8. The van der Waals surface area contributed by atoms with Gasteiger partial charge in [0.1, 0.15) is 0 Å². The molecular weight excluding hydrogens is 202 g/mol. The van der Waals surface area contributed by atoms with E-state index in [0.29, 0.717) is 0 Å². The summed E-state index contributed by atoms with van der Waals surface area (Å²) in [5.41, 5.74) is 2.53. The molecule has 1 aromatic heterocycles. The topological polar surface area (TPSA) is 39.1 Å². The minimum Gasteiger partial charge on any atom is -0.385 e. The highest BCUT2D eigenvalue weighted by Gasteiger charge is 2.01. The van der Waals surface area contributed by atoms with E-state index in [4.69, 9.17) is 4.74 Å². The summed E-state index contributed by atoms with van der Waals surface area (Å²) in [6.07, 6.45) is 5.53. The number of nitrogens with one attached hydrogen (secondary N) is 1. The third kappa shape index (κ3) is 4.33. The van der Waals surface area contributed by atoms with Crippen LogP contribution in [0.2, 0.25) is 0 Å². The average molecular weight is 225 g/mol. The van der Waals surface area contributed by atoms with Crippen LogP contribution in [0, 0.1) is 6.92 Å². The number of hydrogen-bond acceptors (Lipinski definition) is 3. The highest BCUT2D eigenvalue weighted by Crippen LogP contribution is 2.04. The van der Waals surface area contributed by atoms with Crippen molar-refractivity contribution in [2.75, 3.05) is 20.3 Å². The van der Waals surface area contributed by atoms with Crippen LogP contribution in [0.3, 0.4) is 0 Å². The smallest absolute Gasteiger partial charge is 0.0537 e. The molecule has 1 heterocycles. The third-order valence-corrected chi connectivity index (χ3v) is 2.85. The Hall–Kier alpha value is -0.870. The van der Waals surface area contributed by atoms with Gasteiger partial charge in [-0.2, -0.15) is 5.10 Å². The van der Waals surface area contributed by atoms with Crippen molar-refractivity contribution in [2.45, 2.75) is 32.7 Å². The van der Waals surface area contributed by atoms with Gasteiger partial charge in [0.2, 0.25) is 0 Å². The maximum Gasteiger partial charge on any atom is 0.0537 e. The first-order chi connectivity index (χ1) is 7.75. The van der Waals surface area contributed by atoms with E-state index in [1.165, 1.54) is 24.1 Å². The molecule has 0 amide bonds. The molecule has 0 bridgehead atoms. The second kappa shape index (κ2) is 7.41. The van der Waals surface area contributed by atoms with Gasteiger partial charge in [0.25, 0.3) is 0 Å². The number of rotatable bonds is 8. The summed E-state index contributed by atoms with van der Waals surface area (Å²) in [7, 11) is 3.73. The van der Waals surface area contributed by atoms with Crippen molar-refractivity contribution in [3.8, 4) is 0 Å². The standard InChI is InChI=1S/C12H23N3O/c1-11-12(10-14-15(11)2)9-13-7-5-4-6-8-16-3/h10,13H,4-9H2,1-3H3. The molecule has 0 fully saturated rings. The SMILES string of the molecule is COCCCCCNCc1cnn(C)c1C. The molecule has 1 aromatic rings. The highest BCUT2D eigenvalue weighted by molar-refractivity contribution is 5.15. The van der Waals surface area contributed by atoms with E-state index in [1.807, 2.05) is 17.9 Å². The molecule has 4 nitrogen and oxygen atoms in total. The Morgan fingerprint density at radius 2 is 2.19 bits per heavy atom. The lowest BCUT2D eigenvalue weighted by Crippen LogP contribution is -2.15. The lowest BCUT2D eigenvalue weighted by Gasteiger charge is -2.04. The van der Waals surface area contributed by atoms with E-state index in [9.17, 15) is 0 Å². The van der Waals surface area contributed by atoms with Crippen LogP contribution < -0.4 is 5.32 Å². The van der Waals surface area contributed by atoms with Crippen LogP contribution in [-0.2, 0) is 18.3 Å². The van der Waals surface area contributed by atoms with Gasteiger partial charge in [-0.15, -0.1) is 0 Å². The molecular formula is C12H23N3O. The Morgan fingerprint density at radius 1 is 1.38 bits per heavy atom. The lowest BCUT2D eigenvalue weighted by molar-refractivity contribution is 0.192. The van der Waals surface area contributed by atoms with E-state index >= 15 is 0 Å². The van der Waals surface area contributed by atoms with E-state index < -0.39 is 0 Å². The molecule has 0 radical (unpaired) electrons. The summed E-state index contributed by atoms with van der Waals surface area (Å²) in [5.74, 6) is 0. The van der Waals surface area contributed by atoms with Gasteiger partial charge in [0, 0.05) is 38.6 Å². The Balaban J connectivity index is 2.05. The van der Waals surface area contributed by atoms with Gasteiger partial charge in [-0.1, -0.05) is 0 Å². The number of aromatic nitrogens is 2. The van der Waals surface area contributed by atoms with Crippen molar-refractivity contribution in [2.24, 2.45) is 7.05 Å². The lowest BCUT2D eigenvalue weighted by atomic mass is 10.2. The largest absolute Gasteiger partial charge is 0.385 e. The number of aryl methyl sites for hydroxylation is 1. The molecule has 0 aromatic carbocycles. The Kier molecular flexibility index (Phi) is 6.11.